The van der Waals surface area contributed by atoms with Crippen molar-refractivity contribution in [2.45, 2.75) is 0 Å². The van der Waals surface area contributed by atoms with Gasteiger partial charge < -0.3 is 4.42 Å². The normalized spacial score (nSPS) is 11.8. The molecule has 0 N–H and O–H groups in total. The van der Waals surface area contributed by atoms with E-state index in [9.17, 15) is 0 Å². The predicted molar refractivity (Wildman–Crippen MR) is 238 cm³/mol. The smallest absolute Gasteiger partial charge is 0.238 e. The van der Waals surface area contributed by atoms with Gasteiger partial charge >= 0.3 is 0 Å². The van der Waals surface area contributed by atoms with Gasteiger partial charge in [-0.05, 0) is 74.8 Å². The molecule has 12 rings (SSSR count). The molecule has 3 aromatic heterocycles. The third kappa shape index (κ3) is 5.14. The van der Waals surface area contributed by atoms with Crippen LogP contribution in [-0.2, 0) is 0 Å². The van der Waals surface area contributed by atoms with Crippen LogP contribution in [0.5, 0.6) is 0 Å². The molecule has 0 spiro atoms. The standard InChI is InChI=1S/C53H32N4O/c1-2-13-36-30-38(29-28-33(36)12-1)35-26-24-34(25-27-35)37-15-11-16-40(31-37)51-54-52(56-53(55-51)57-46-21-8-5-18-42(46)43-19-6-9-22-47(43)57)45-32-39-14-3-4-17-41(39)50-49(45)44-20-7-10-23-48(44)58-50/h1-32H. The number of benzene rings is 9. The first-order chi connectivity index (χ1) is 28.7. The fourth-order valence-electron chi connectivity index (χ4n) is 8.65. The Balaban J connectivity index is 1.06. The van der Waals surface area contributed by atoms with Crippen LogP contribution in [0.2, 0.25) is 0 Å². The fraction of sp³-hybridized carbons (Fsp3) is 0. The van der Waals surface area contributed by atoms with Gasteiger partial charge in [0, 0.05) is 38.1 Å². The number of rotatable bonds is 5. The third-order valence-electron chi connectivity index (χ3n) is 11.4. The Morgan fingerprint density at radius 3 is 1.69 bits per heavy atom. The highest BCUT2D eigenvalue weighted by atomic mass is 16.3. The SMILES string of the molecule is c1cc(-c2ccc(-c3ccc4ccccc4c3)cc2)cc(-c2nc(-c3cc4ccccc4c4oc5ccccc5c34)nc(-n3c4ccccc4c4ccccc43)n2)c1. The summed E-state index contributed by atoms with van der Waals surface area (Å²) in [5, 5.41) is 8.87. The molecule has 0 aliphatic rings. The van der Waals surface area contributed by atoms with Crippen LogP contribution in [0.15, 0.2) is 199 Å². The van der Waals surface area contributed by atoms with Crippen molar-refractivity contribution in [1.82, 2.24) is 19.5 Å². The lowest BCUT2D eigenvalue weighted by atomic mass is 9.97. The van der Waals surface area contributed by atoms with Crippen molar-refractivity contribution in [2.24, 2.45) is 0 Å². The zero-order valence-electron chi connectivity index (χ0n) is 31.2. The van der Waals surface area contributed by atoms with Crippen LogP contribution in [0.1, 0.15) is 0 Å². The molecule has 0 saturated carbocycles. The van der Waals surface area contributed by atoms with Crippen LogP contribution >= 0.6 is 0 Å². The summed E-state index contributed by atoms with van der Waals surface area (Å²) < 4.78 is 8.77. The number of para-hydroxylation sites is 3. The largest absolute Gasteiger partial charge is 0.455 e. The molecule has 58 heavy (non-hydrogen) atoms. The van der Waals surface area contributed by atoms with E-state index in [4.69, 9.17) is 19.4 Å². The average Bonchev–Trinajstić information content (AvgIpc) is 3.85. The summed E-state index contributed by atoms with van der Waals surface area (Å²) in [5.74, 6) is 1.72. The Morgan fingerprint density at radius 2 is 0.931 bits per heavy atom. The summed E-state index contributed by atoms with van der Waals surface area (Å²) in [6.45, 7) is 0. The number of hydrogen-bond donors (Lipinski definition) is 0. The number of aromatic nitrogens is 4. The first-order valence-corrected chi connectivity index (χ1v) is 19.5. The van der Waals surface area contributed by atoms with Crippen molar-refractivity contribution < 1.29 is 4.42 Å². The van der Waals surface area contributed by atoms with Crippen LogP contribution in [0.3, 0.4) is 0 Å². The Hall–Kier alpha value is -7.89. The molecular formula is C53H32N4O. The first-order valence-electron chi connectivity index (χ1n) is 19.5. The number of furan rings is 1. The van der Waals surface area contributed by atoms with Gasteiger partial charge in [-0.25, -0.2) is 4.98 Å². The minimum atomic E-state index is 0.552. The summed E-state index contributed by atoms with van der Waals surface area (Å²) in [6, 6.07) is 68.1. The van der Waals surface area contributed by atoms with Crippen molar-refractivity contribution in [2.75, 3.05) is 0 Å². The summed E-state index contributed by atoms with van der Waals surface area (Å²) in [7, 11) is 0. The maximum Gasteiger partial charge on any atom is 0.238 e. The lowest BCUT2D eigenvalue weighted by Crippen LogP contribution is -2.06. The van der Waals surface area contributed by atoms with E-state index in [1.807, 2.05) is 12.1 Å². The van der Waals surface area contributed by atoms with Gasteiger partial charge in [-0.3, -0.25) is 4.57 Å². The van der Waals surface area contributed by atoms with Gasteiger partial charge in [0.1, 0.15) is 11.2 Å². The minimum absolute atomic E-state index is 0.552. The monoisotopic (exact) mass is 740 g/mol. The maximum atomic E-state index is 6.60. The van der Waals surface area contributed by atoms with E-state index < -0.39 is 0 Å². The van der Waals surface area contributed by atoms with E-state index in [1.54, 1.807) is 0 Å². The predicted octanol–water partition coefficient (Wildman–Crippen LogP) is 13.8. The molecule has 0 atom stereocenters. The molecule has 12 aromatic rings. The lowest BCUT2D eigenvalue weighted by molar-refractivity contribution is 0.672. The molecule has 3 heterocycles. The van der Waals surface area contributed by atoms with E-state index in [0.717, 1.165) is 76.8 Å². The Labute approximate surface area is 333 Å². The molecular weight excluding hydrogens is 709 g/mol. The summed E-state index contributed by atoms with van der Waals surface area (Å²) >= 11 is 0. The number of nitrogens with zero attached hydrogens (tertiary/aromatic N) is 4. The summed E-state index contributed by atoms with van der Waals surface area (Å²) in [6.07, 6.45) is 0. The number of fused-ring (bicyclic) bond motifs is 9. The highest BCUT2D eigenvalue weighted by molar-refractivity contribution is 6.20. The third-order valence-corrected chi connectivity index (χ3v) is 11.4. The molecule has 0 unspecified atom stereocenters. The second-order valence-electron chi connectivity index (χ2n) is 14.8. The van der Waals surface area contributed by atoms with Gasteiger partial charge in [0.2, 0.25) is 5.95 Å². The summed E-state index contributed by atoms with van der Waals surface area (Å²) in [4.78, 5) is 16.0. The fourth-order valence-corrected chi connectivity index (χ4v) is 8.65. The Bertz CT molecular complexity index is 3530. The second-order valence-corrected chi connectivity index (χ2v) is 14.8. The van der Waals surface area contributed by atoms with Crippen molar-refractivity contribution in [3.63, 3.8) is 0 Å². The van der Waals surface area contributed by atoms with Crippen molar-refractivity contribution in [3.8, 4) is 51.0 Å². The summed E-state index contributed by atoms with van der Waals surface area (Å²) in [5.41, 5.74) is 10.1. The van der Waals surface area contributed by atoms with Gasteiger partial charge in [0.05, 0.1) is 11.0 Å². The molecule has 0 fully saturated rings. The van der Waals surface area contributed by atoms with Crippen LogP contribution in [0.4, 0.5) is 0 Å². The molecule has 0 amide bonds. The van der Waals surface area contributed by atoms with Gasteiger partial charge in [-0.2, -0.15) is 9.97 Å². The molecule has 270 valence electrons. The Morgan fingerprint density at radius 1 is 0.362 bits per heavy atom. The molecule has 0 bridgehead atoms. The van der Waals surface area contributed by atoms with Gasteiger partial charge in [0.25, 0.3) is 0 Å². The van der Waals surface area contributed by atoms with E-state index in [-0.39, 0.29) is 0 Å². The van der Waals surface area contributed by atoms with E-state index in [0.29, 0.717) is 17.6 Å². The molecule has 0 radical (unpaired) electrons. The van der Waals surface area contributed by atoms with Gasteiger partial charge in [-0.15, -0.1) is 0 Å². The highest BCUT2D eigenvalue weighted by Gasteiger charge is 2.22. The zero-order valence-corrected chi connectivity index (χ0v) is 31.2. The van der Waals surface area contributed by atoms with E-state index in [1.165, 1.54) is 21.9 Å². The van der Waals surface area contributed by atoms with Crippen molar-refractivity contribution >= 4 is 65.3 Å². The molecule has 0 saturated heterocycles. The number of hydrogen-bond acceptors (Lipinski definition) is 4. The van der Waals surface area contributed by atoms with Crippen LogP contribution in [0.25, 0.3) is 116 Å². The topological polar surface area (TPSA) is 56.7 Å². The first kappa shape index (κ1) is 32.4. The molecule has 9 aromatic carbocycles. The van der Waals surface area contributed by atoms with Crippen LogP contribution < -0.4 is 0 Å². The lowest BCUT2D eigenvalue weighted by Gasteiger charge is -2.13. The Kier molecular flexibility index (Phi) is 7.16. The van der Waals surface area contributed by atoms with Gasteiger partial charge in [-0.1, -0.05) is 158 Å². The van der Waals surface area contributed by atoms with Crippen LogP contribution in [-0.4, -0.2) is 19.5 Å². The van der Waals surface area contributed by atoms with Crippen molar-refractivity contribution in [1.29, 1.82) is 0 Å². The zero-order chi connectivity index (χ0) is 38.2. The highest BCUT2D eigenvalue weighted by Crippen LogP contribution is 2.41. The quantitative estimate of drug-likeness (QED) is 0.176. The van der Waals surface area contributed by atoms with Crippen molar-refractivity contribution in [3.05, 3.63) is 194 Å². The molecule has 5 nitrogen and oxygen atoms in total. The minimum Gasteiger partial charge on any atom is -0.455 e. The van der Waals surface area contributed by atoms with E-state index in [2.05, 4.69) is 187 Å². The second kappa shape index (κ2) is 12.8. The molecule has 5 heteroatoms. The molecule has 0 aliphatic heterocycles. The van der Waals surface area contributed by atoms with E-state index >= 15 is 0 Å². The maximum absolute atomic E-state index is 6.60. The average molecular weight is 741 g/mol. The molecule has 0 aliphatic carbocycles. The van der Waals surface area contributed by atoms with Gasteiger partial charge in [0.15, 0.2) is 11.6 Å². The van der Waals surface area contributed by atoms with Crippen LogP contribution in [0, 0.1) is 0 Å².